The van der Waals surface area contributed by atoms with Crippen LogP contribution in [0.1, 0.15) is 79.6 Å². The number of nitrogens with one attached hydrogen (secondary N) is 2. The van der Waals surface area contributed by atoms with Gasteiger partial charge >= 0.3 is 0 Å². The van der Waals surface area contributed by atoms with E-state index in [0.717, 1.165) is 49.0 Å². The van der Waals surface area contributed by atoms with E-state index in [9.17, 15) is 14.7 Å². The van der Waals surface area contributed by atoms with Gasteiger partial charge in [0.05, 0.1) is 18.8 Å². The highest BCUT2D eigenvalue weighted by atomic mass is 16.7. The number of anilines is 1. The smallest absolute Gasteiger partial charge is 0.243 e. The number of carbonyl (C=O) groups is 2. The second-order valence-corrected chi connectivity index (χ2v) is 11.2. The molecule has 0 bridgehead atoms. The van der Waals surface area contributed by atoms with Gasteiger partial charge in [-0.05, 0) is 48.7 Å². The lowest BCUT2D eigenvalue weighted by Gasteiger charge is -2.38. The van der Waals surface area contributed by atoms with E-state index in [-0.39, 0.29) is 37.0 Å². The first-order valence-electron chi connectivity index (χ1n) is 15.0. The molecule has 3 aromatic carbocycles. The summed E-state index contributed by atoms with van der Waals surface area (Å²) in [5, 5.41) is 21.0. The van der Waals surface area contributed by atoms with Gasteiger partial charge < -0.3 is 19.9 Å². The average molecular weight is 590 g/mol. The molecule has 4 rings (SSSR count). The Hall–Kier alpha value is -3.60. The lowest BCUT2D eigenvalue weighted by atomic mass is 9.99. The third kappa shape index (κ3) is 10.6. The molecule has 0 aliphatic carbocycles. The molecule has 4 N–H and O–H groups in total. The molecule has 0 radical (unpaired) electrons. The van der Waals surface area contributed by atoms with Crippen molar-refractivity contribution in [1.82, 2.24) is 10.4 Å². The molecule has 43 heavy (non-hydrogen) atoms. The predicted molar refractivity (Wildman–Crippen MR) is 164 cm³/mol. The van der Waals surface area contributed by atoms with Crippen LogP contribution in [0.15, 0.2) is 78.9 Å². The molecule has 230 valence electrons. The van der Waals surface area contributed by atoms with Crippen molar-refractivity contribution in [2.45, 2.75) is 76.6 Å². The van der Waals surface area contributed by atoms with E-state index in [4.69, 9.17) is 14.7 Å². The molecule has 0 saturated carbocycles. The van der Waals surface area contributed by atoms with E-state index in [2.05, 4.69) is 29.4 Å². The quantitative estimate of drug-likeness (QED) is 0.103. The van der Waals surface area contributed by atoms with Crippen molar-refractivity contribution in [3.63, 3.8) is 0 Å². The summed E-state index contributed by atoms with van der Waals surface area (Å²) in [5.74, 6) is -0.460. The Morgan fingerprint density at radius 2 is 1.56 bits per heavy atom. The third-order valence-corrected chi connectivity index (χ3v) is 7.55. The maximum atomic E-state index is 12.6. The monoisotopic (exact) mass is 589 g/mol. The van der Waals surface area contributed by atoms with E-state index in [1.807, 2.05) is 66.7 Å². The summed E-state index contributed by atoms with van der Waals surface area (Å²) in [5.41, 5.74) is 6.26. The third-order valence-electron chi connectivity index (χ3n) is 7.55. The number of rotatable bonds is 15. The lowest BCUT2D eigenvalue weighted by molar-refractivity contribution is -0.252. The topological polar surface area (TPSA) is 120 Å². The molecule has 0 aromatic heterocycles. The van der Waals surface area contributed by atoms with Crippen LogP contribution >= 0.6 is 0 Å². The predicted octanol–water partition coefficient (Wildman–Crippen LogP) is 5.64. The fraction of sp³-hybridized carbons (Fsp3) is 0.412. The molecule has 1 heterocycles. The Bertz CT molecular complexity index is 1290. The van der Waals surface area contributed by atoms with Crippen molar-refractivity contribution in [3.05, 3.63) is 101 Å². The van der Waals surface area contributed by atoms with Crippen LogP contribution < -0.4 is 10.8 Å². The summed E-state index contributed by atoms with van der Waals surface area (Å²) < 4.78 is 13.0. The molecular weight excluding hydrogens is 546 g/mol. The van der Waals surface area contributed by atoms with Crippen LogP contribution in [-0.2, 0) is 32.2 Å². The molecule has 3 aromatic rings. The zero-order valence-corrected chi connectivity index (χ0v) is 24.8. The van der Waals surface area contributed by atoms with Crippen molar-refractivity contribution in [1.29, 1.82) is 0 Å². The largest absolute Gasteiger partial charge is 0.392 e. The standard InChI is InChI=1S/C34H43N3O6/c1-37(22-25-10-5-4-6-11-25)23-30-21-31(27-18-16-26(24-38)17-19-27)43-34(42-30)28-12-9-13-29(20-28)35-32(39)14-7-2-3-8-15-33(40)36-41/h4-6,9-13,16-20,30-31,34,38,41H,2-3,7-8,14-15,21-24H2,1H3,(H,35,39)(H,36,40). The summed E-state index contributed by atoms with van der Waals surface area (Å²) in [6.45, 7) is 1.52. The highest BCUT2D eigenvalue weighted by Gasteiger charge is 2.33. The maximum Gasteiger partial charge on any atom is 0.243 e. The van der Waals surface area contributed by atoms with Gasteiger partial charge in [-0.3, -0.25) is 19.7 Å². The Kier molecular flexibility index (Phi) is 12.7. The number of likely N-dealkylation sites (N-methyl/N-ethyl adjacent to an activating group) is 1. The fourth-order valence-corrected chi connectivity index (χ4v) is 5.31. The molecule has 1 aliphatic heterocycles. The molecule has 2 amide bonds. The summed E-state index contributed by atoms with van der Waals surface area (Å²) >= 11 is 0. The molecule has 1 aliphatic rings. The number of aliphatic hydroxyl groups is 1. The molecule has 3 unspecified atom stereocenters. The van der Waals surface area contributed by atoms with Crippen molar-refractivity contribution in [3.8, 4) is 0 Å². The van der Waals surface area contributed by atoms with E-state index in [1.54, 1.807) is 5.48 Å². The minimum Gasteiger partial charge on any atom is -0.392 e. The van der Waals surface area contributed by atoms with Crippen LogP contribution in [0, 0.1) is 0 Å². The Morgan fingerprint density at radius 3 is 2.26 bits per heavy atom. The van der Waals surface area contributed by atoms with E-state index >= 15 is 0 Å². The second-order valence-electron chi connectivity index (χ2n) is 11.2. The van der Waals surface area contributed by atoms with Gasteiger partial charge in [-0.1, -0.05) is 79.6 Å². The molecule has 3 atom stereocenters. The Labute approximate surface area is 253 Å². The number of amides is 2. The van der Waals surface area contributed by atoms with Crippen LogP contribution in [0.5, 0.6) is 0 Å². The highest BCUT2D eigenvalue weighted by Crippen LogP contribution is 2.38. The number of hydrogen-bond donors (Lipinski definition) is 4. The lowest BCUT2D eigenvalue weighted by Crippen LogP contribution is -2.37. The van der Waals surface area contributed by atoms with Gasteiger partial charge in [0.1, 0.15) is 0 Å². The first-order chi connectivity index (χ1) is 20.9. The van der Waals surface area contributed by atoms with Crippen molar-refractivity contribution in [2.75, 3.05) is 18.9 Å². The molecule has 9 nitrogen and oxygen atoms in total. The second kappa shape index (κ2) is 16.9. The zero-order valence-electron chi connectivity index (χ0n) is 24.8. The first-order valence-corrected chi connectivity index (χ1v) is 15.0. The van der Waals surface area contributed by atoms with Gasteiger partial charge in [0, 0.05) is 43.6 Å². The first kappa shape index (κ1) is 32.3. The van der Waals surface area contributed by atoms with Crippen LogP contribution in [0.2, 0.25) is 0 Å². The van der Waals surface area contributed by atoms with Gasteiger partial charge in [-0.15, -0.1) is 0 Å². The van der Waals surface area contributed by atoms with Gasteiger partial charge in [0.15, 0.2) is 6.29 Å². The highest BCUT2D eigenvalue weighted by molar-refractivity contribution is 5.90. The van der Waals surface area contributed by atoms with Gasteiger partial charge in [0.25, 0.3) is 0 Å². The summed E-state index contributed by atoms with van der Waals surface area (Å²) in [6.07, 6.45) is 3.50. The summed E-state index contributed by atoms with van der Waals surface area (Å²) in [6, 6.07) is 25.8. The molecule has 1 fully saturated rings. The fourth-order valence-electron chi connectivity index (χ4n) is 5.31. The minimum absolute atomic E-state index is 0.00763. The molecule has 1 saturated heterocycles. The van der Waals surface area contributed by atoms with Crippen LogP contribution in [0.25, 0.3) is 0 Å². The van der Waals surface area contributed by atoms with Gasteiger partial charge in [-0.25, -0.2) is 5.48 Å². The molecular formula is C34H43N3O6. The zero-order chi connectivity index (χ0) is 30.4. The number of nitrogens with zero attached hydrogens (tertiary/aromatic N) is 1. The molecule has 0 spiro atoms. The maximum absolute atomic E-state index is 12.6. The normalized spacial score (nSPS) is 18.4. The van der Waals surface area contributed by atoms with Gasteiger partial charge in [0.2, 0.25) is 11.8 Å². The number of benzene rings is 3. The van der Waals surface area contributed by atoms with Crippen molar-refractivity contribution in [2.24, 2.45) is 0 Å². The number of ether oxygens (including phenoxy) is 2. The number of aliphatic hydroxyl groups excluding tert-OH is 1. The SMILES string of the molecule is CN(Cc1ccccc1)CC1CC(c2ccc(CO)cc2)OC(c2cccc(NC(=O)CCCCCCC(=O)NO)c2)O1. The average Bonchev–Trinajstić information content (AvgIpc) is 3.03. The number of unbranched alkanes of at least 4 members (excludes halogenated alkanes) is 3. The number of hydroxylamine groups is 1. The van der Waals surface area contributed by atoms with Gasteiger partial charge in [-0.2, -0.15) is 0 Å². The van der Waals surface area contributed by atoms with Crippen molar-refractivity contribution >= 4 is 17.5 Å². The van der Waals surface area contributed by atoms with E-state index < -0.39 is 6.29 Å². The van der Waals surface area contributed by atoms with Crippen LogP contribution in [-0.4, -0.2) is 46.7 Å². The number of carbonyl (C=O) groups excluding carboxylic acids is 2. The van der Waals surface area contributed by atoms with E-state index in [1.165, 1.54) is 5.56 Å². The molecule has 9 heteroatoms. The van der Waals surface area contributed by atoms with Crippen LogP contribution in [0.3, 0.4) is 0 Å². The van der Waals surface area contributed by atoms with Crippen molar-refractivity contribution < 1.29 is 29.4 Å². The Morgan fingerprint density at radius 1 is 0.837 bits per heavy atom. The summed E-state index contributed by atoms with van der Waals surface area (Å²) in [4.78, 5) is 26.0. The van der Waals surface area contributed by atoms with Crippen LogP contribution in [0.4, 0.5) is 5.69 Å². The Balaban J connectivity index is 1.38. The van der Waals surface area contributed by atoms with E-state index in [0.29, 0.717) is 24.9 Å². The minimum atomic E-state index is -0.612. The summed E-state index contributed by atoms with van der Waals surface area (Å²) in [7, 11) is 2.09. The number of hydrogen-bond acceptors (Lipinski definition) is 7.